The van der Waals surface area contributed by atoms with E-state index < -0.39 is 23.9 Å². The third-order valence-corrected chi connectivity index (χ3v) is 8.22. The molecule has 1 aromatic carbocycles. The number of imidazole rings is 1. The van der Waals surface area contributed by atoms with Gasteiger partial charge in [-0.2, -0.15) is 13.2 Å². The number of anilines is 1. The molecule has 2 aliphatic carbocycles. The van der Waals surface area contributed by atoms with E-state index in [2.05, 4.69) is 25.3 Å². The van der Waals surface area contributed by atoms with E-state index in [4.69, 9.17) is 5.73 Å². The van der Waals surface area contributed by atoms with Crippen molar-refractivity contribution in [1.82, 2.24) is 29.8 Å². The summed E-state index contributed by atoms with van der Waals surface area (Å²) in [7, 11) is 0. The second-order valence-electron chi connectivity index (χ2n) is 10.7. The third kappa shape index (κ3) is 4.61. The van der Waals surface area contributed by atoms with Crippen molar-refractivity contribution in [2.24, 2.45) is 11.8 Å². The molecule has 202 valence electrons. The fraction of sp³-hybridized carbons (Fsp3) is 0.500. The number of nitrogens with two attached hydrogens (primary N) is 1. The Bertz CT molecular complexity index is 1450. The van der Waals surface area contributed by atoms with Crippen LogP contribution < -0.4 is 11.1 Å². The lowest BCUT2D eigenvalue weighted by atomic mass is 9.77. The van der Waals surface area contributed by atoms with Crippen LogP contribution in [0, 0.1) is 11.8 Å². The zero-order chi connectivity index (χ0) is 26.6. The lowest BCUT2D eigenvalue weighted by molar-refractivity contribution is -0.137. The number of hydrogen-bond donors (Lipinski definition) is 5. The molecule has 3 aromatic heterocycles. The maximum absolute atomic E-state index is 12.9. The zero-order valence-electron chi connectivity index (χ0n) is 20.6. The van der Waals surface area contributed by atoms with Crippen LogP contribution in [0.1, 0.15) is 43.1 Å². The summed E-state index contributed by atoms with van der Waals surface area (Å²) >= 11 is 0. The summed E-state index contributed by atoms with van der Waals surface area (Å²) < 4.78 is 40.7. The van der Waals surface area contributed by atoms with Crippen molar-refractivity contribution in [2.45, 2.75) is 62.6 Å². The van der Waals surface area contributed by atoms with Crippen LogP contribution in [0.3, 0.4) is 0 Å². The Morgan fingerprint density at radius 1 is 1.11 bits per heavy atom. The minimum atomic E-state index is -4.38. The largest absolute Gasteiger partial charge is 0.416 e. The highest BCUT2D eigenvalue weighted by Gasteiger charge is 2.43. The van der Waals surface area contributed by atoms with Gasteiger partial charge >= 0.3 is 6.18 Å². The molecule has 0 bridgehead atoms. The Hall–Kier alpha value is -3.22. The Balaban J connectivity index is 0.984. The molecule has 12 heteroatoms. The van der Waals surface area contributed by atoms with E-state index in [1.807, 2.05) is 16.8 Å². The molecule has 4 aromatic rings. The van der Waals surface area contributed by atoms with Gasteiger partial charge in [-0.1, -0.05) is 0 Å². The molecule has 2 aliphatic rings. The molecule has 6 rings (SSSR count). The van der Waals surface area contributed by atoms with Crippen molar-refractivity contribution in [3.63, 3.8) is 0 Å². The molecule has 2 saturated carbocycles. The lowest BCUT2D eigenvalue weighted by Gasteiger charge is -2.37. The number of rotatable bonds is 7. The first kappa shape index (κ1) is 25.1. The maximum Gasteiger partial charge on any atom is 0.416 e. The second kappa shape index (κ2) is 9.51. The monoisotopic (exact) mass is 529 g/mol. The topological polar surface area (TPSA) is 138 Å². The van der Waals surface area contributed by atoms with Crippen LogP contribution in [0.15, 0.2) is 36.8 Å². The molecule has 6 N–H and O–H groups in total. The standard InChI is InChI=1S/C26H30F3N7O2/c27-26(28,29)15-2-3-18-19(10-15)35-21(34-18)4-1-13-7-16(8-13)31-11-14-9-20(23(38)22(14)37)36-6-5-17-24(30)32-12-33-25(17)36/h2-3,5-6,10,12-14,16,20,22-23,31,37-38H,1,4,7-9,11H2,(H,34,35)(H2,30,32,33)/t13-,14-,16+,20-,22-,23+/m1/s1. The molecule has 0 spiro atoms. The summed E-state index contributed by atoms with van der Waals surface area (Å²) in [6.07, 6.45) is 1.29. The quantitative estimate of drug-likeness (QED) is 0.248. The number of nitrogen functional groups attached to an aromatic ring is 1. The predicted molar refractivity (Wildman–Crippen MR) is 135 cm³/mol. The van der Waals surface area contributed by atoms with E-state index in [-0.39, 0.29) is 12.0 Å². The molecule has 0 aliphatic heterocycles. The average molecular weight is 530 g/mol. The number of hydrogen-bond acceptors (Lipinski definition) is 7. The summed E-state index contributed by atoms with van der Waals surface area (Å²) in [5.41, 5.74) is 6.84. The van der Waals surface area contributed by atoms with Gasteiger partial charge in [0.15, 0.2) is 0 Å². The van der Waals surface area contributed by atoms with Crippen molar-refractivity contribution in [2.75, 3.05) is 12.3 Å². The number of H-pyrrole nitrogens is 1. The molecule has 2 fully saturated rings. The molecular formula is C26H30F3N7O2. The number of aliphatic hydroxyl groups excluding tert-OH is 2. The number of aromatic amines is 1. The number of aliphatic hydroxyl groups is 2. The van der Waals surface area contributed by atoms with Gasteiger partial charge < -0.3 is 30.8 Å². The highest BCUT2D eigenvalue weighted by molar-refractivity contribution is 5.86. The van der Waals surface area contributed by atoms with Crippen molar-refractivity contribution in [1.29, 1.82) is 0 Å². The summed E-state index contributed by atoms with van der Waals surface area (Å²) in [4.78, 5) is 15.8. The van der Waals surface area contributed by atoms with Crippen LogP contribution >= 0.6 is 0 Å². The third-order valence-electron chi connectivity index (χ3n) is 8.22. The number of benzene rings is 1. The SMILES string of the molecule is Nc1ncnc2c1ccn2[C@@H]1C[C@H](CN[C@H]2C[C@@H](CCc3nc4cc(C(F)(F)F)ccc4[nH]3)C2)[C@@H](O)[C@H]1O. The summed E-state index contributed by atoms with van der Waals surface area (Å²) in [6, 6.07) is 5.45. The van der Waals surface area contributed by atoms with E-state index in [0.29, 0.717) is 59.7 Å². The zero-order valence-corrected chi connectivity index (χ0v) is 20.6. The van der Waals surface area contributed by atoms with Crippen LogP contribution in [-0.4, -0.2) is 59.5 Å². The number of fused-ring (bicyclic) bond motifs is 2. The number of alkyl halides is 3. The molecule has 3 heterocycles. The maximum atomic E-state index is 12.9. The van der Waals surface area contributed by atoms with Crippen molar-refractivity contribution in [3.05, 3.63) is 48.2 Å². The van der Waals surface area contributed by atoms with Gasteiger partial charge in [0, 0.05) is 31.1 Å². The first-order chi connectivity index (χ1) is 18.2. The van der Waals surface area contributed by atoms with E-state index in [0.717, 1.165) is 36.8 Å². The van der Waals surface area contributed by atoms with Gasteiger partial charge in [0.1, 0.15) is 29.7 Å². The molecule has 9 nitrogen and oxygen atoms in total. The number of nitrogens with one attached hydrogen (secondary N) is 2. The normalized spacial score (nSPS) is 27.8. The first-order valence-electron chi connectivity index (χ1n) is 12.9. The fourth-order valence-corrected chi connectivity index (χ4v) is 5.99. The Morgan fingerprint density at radius 2 is 1.92 bits per heavy atom. The molecule has 0 radical (unpaired) electrons. The van der Waals surface area contributed by atoms with Gasteiger partial charge in [-0.05, 0) is 55.9 Å². The van der Waals surface area contributed by atoms with Crippen molar-refractivity contribution < 1.29 is 23.4 Å². The van der Waals surface area contributed by atoms with E-state index in [9.17, 15) is 23.4 Å². The summed E-state index contributed by atoms with van der Waals surface area (Å²) in [6.45, 7) is 0.605. The van der Waals surface area contributed by atoms with Crippen LogP contribution in [0.2, 0.25) is 0 Å². The van der Waals surface area contributed by atoms with E-state index >= 15 is 0 Å². The van der Waals surface area contributed by atoms with Crippen molar-refractivity contribution in [3.8, 4) is 0 Å². The molecule has 0 saturated heterocycles. The lowest BCUT2D eigenvalue weighted by Crippen LogP contribution is -2.44. The van der Waals surface area contributed by atoms with Gasteiger partial charge in [0.05, 0.1) is 34.1 Å². The number of aryl methyl sites for hydroxylation is 1. The number of halogens is 3. The first-order valence-corrected chi connectivity index (χ1v) is 12.9. The molecular weight excluding hydrogens is 499 g/mol. The number of nitrogens with zero attached hydrogens (tertiary/aromatic N) is 4. The summed E-state index contributed by atoms with van der Waals surface area (Å²) in [5.74, 6) is 1.50. The predicted octanol–water partition coefficient (Wildman–Crippen LogP) is 3.19. The van der Waals surface area contributed by atoms with Crippen LogP contribution in [0.4, 0.5) is 19.0 Å². The Labute approximate surface area is 216 Å². The van der Waals surface area contributed by atoms with Gasteiger partial charge in [0.25, 0.3) is 0 Å². The van der Waals surface area contributed by atoms with Crippen LogP contribution in [0.25, 0.3) is 22.1 Å². The number of aromatic nitrogens is 5. The van der Waals surface area contributed by atoms with Gasteiger partial charge in [0.2, 0.25) is 0 Å². The average Bonchev–Trinajstić information content (AvgIpc) is 3.54. The minimum absolute atomic E-state index is 0.0946. The highest BCUT2D eigenvalue weighted by Crippen LogP contribution is 2.38. The Morgan fingerprint density at radius 3 is 2.71 bits per heavy atom. The van der Waals surface area contributed by atoms with E-state index in [1.165, 1.54) is 12.4 Å². The highest BCUT2D eigenvalue weighted by atomic mass is 19.4. The smallest absolute Gasteiger partial charge is 0.390 e. The van der Waals surface area contributed by atoms with Crippen LogP contribution in [-0.2, 0) is 12.6 Å². The van der Waals surface area contributed by atoms with Crippen LogP contribution in [0.5, 0.6) is 0 Å². The fourth-order valence-electron chi connectivity index (χ4n) is 5.99. The molecule has 38 heavy (non-hydrogen) atoms. The van der Waals surface area contributed by atoms with Gasteiger partial charge in [-0.25, -0.2) is 15.0 Å². The second-order valence-corrected chi connectivity index (χ2v) is 10.7. The molecule has 4 atom stereocenters. The van der Waals surface area contributed by atoms with Gasteiger partial charge in [-0.3, -0.25) is 0 Å². The van der Waals surface area contributed by atoms with Gasteiger partial charge in [-0.15, -0.1) is 0 Å². The Kier molecular flexibility index (Phi) is 6.28. The summed E-state index contributed by atoms with van der Waals surface area (Å²) in [5, 5.41) is 25.7. The minimum Gasteiger partial charge on any atom is -0.390 e. The van der Waals surface area contributed by atoms with Crippen molar-refractivity contribution >= 4 is 27.9 Å². The molecule has 0 unspecified atom stereocenters. The molecule has 0 amide bonds. The van der Waals surface area contributed by atoms with E-state index in [1.54, 1.807) is 0 Å².